The van der Waals surface area contributed by atoms with Gasteiger partial charge in [-0.15, -0.1) is 0 Å². The SMILES string of the molecule is CCn1nc(C)c([N+](=O)[O-])c1C(=O)NC1(C(=O)NCCNS(=O)(=O)c2ccc(C)cc2)CCNCC1. The summed E-state index contributed by atoms with van der Waals surface area (Å²) in [5.74, 6) is -1.25. The maximum atomic E-state index is 13.2. The third-order valence-electron chi connectivity index (χ3n) is 6.07. The van der Waals surface area contributed by atoms with Gasteiger partial charge in [0.05, 0.1) is 9.82 Å². The van der Waals surface area contributed by atoms with E-state index in [4.69, 9.17) is 0 Å². The summed E-state index contributed by atoms with van der Waals surface area (Å²) >= 11 is 0. The van der Waals surface area contributed by atoms with Crippen LogP contribution in [-0.4, -0.2) is 66.7 Å². The maximum absolute atomic E-state index is 13.2. The predicted octanol–water partition coefficient (Wildman–Crippen LogP) is 0.375. The first kappa shape index (κ1) is 27.2. The fourth-order valence-electron chi connectivity index (χ4n) is 4.11. The molecule has 2 amide bonds. The lowest BCUT2D eigenvalue weighted by Gasteiger charge is -2.36. The van der Waals surface area contributed by atoms with E-state index in [-0.39, 0.29) is 48.8 Å². The number of hydrogen-bond acceptors (Lipinski definition) is 8. The van der Waals surface area contributed by atoms with Crippen molar-refractivity contribution >= 4 is 27.5 Å². The first-order valence-electron chi connectivity index (χ1n) is 11.6. The van der Waals surface area contributed by atoms with Crippen molar-refractivity contribution in [1.29, 1.82) is 0 Å². The highest BCUT2D eigenvalue weighted by atomic mass is 32.2. The molecule has 1 saturated heterocycles. The summed E-state index contributed by atoms with van der Waals surface area (Å²) in [5, 5.41) is 24.2. The number of carbonyl (C=O) groups excluding carboxylic acids is 2. The second kappa shape index (κ2) is 11.1. The molecule has 0 aliphatic carbocycles. The lowest BCUT2D eigenvalue weighted by Crippen LogP contribution is -2.63. The Balaban J connectivity index is 1.70. The lowest BCUT2D eigenvalue weighted by atomic mass is 9.87. The minimum atomic E-state index is -3.74. The average molecular weight is 522 g/mol. The number of rotatable bonds is 10. The third-order valence-corrected chi connectivity index (χ3v) is 7.55. The molecule has 36 heavy (non-hydrogen) atoms. The maximum Gasteiger partial charge on any atom is 0.322 e. The minimum Gasteiger partial charge on any atom is -0.353 e. The Bertz CT molecular complexity index is 1230. The number of amides is 2. The second-order valence-corrected chi connectivity index (χ2v) is 10.4. The summed E-state index contributed by atoms with van der Waals surface area (Å²) in [6.45, 7) is 6.06. The third kappa shape index (κ3) is 5.88. The Labute approximate surface area is 209 Å². The number of nitro groups is 1. The molecule has 0 saturated carbocycles. The fraction of sp³-hybridized carbons (Fsp3) is 0.500. The lowest BCUT2D eigenvalue weighted by molar-refractivity contribution is -0.385. The molecule has 0 spiro atoms. The number of carbonyl (C=O) groups is 2. The Morgan fingerprint density at radius 1 is 1.17 bits per heavy atom. The molecule has 2 aromatic rings. The molecule has 1 aromatic heterocycles. The van der Waals surface area contributed by atoms with Crippen LogP contribution in [0.5, 0.6) is 0 Å². The van der Waals surface area contributed by atoms with Gasteiger partial charge in [-0.25, -0.2) is 13.1 Å². The van der Waals surface area contributed by atoms with Gasteiger partial charge in [0.15, 0.2) is 0 Å². The van der Waals surface area contributed by atoms with Crippen LogP contribution in [0, 0.1) is 24.0 Å². The van der Waals surface area contributed by atoms with Gasteiger partial charge in [-0.05, 0) is 58.8 Å². The first-order valence-corrected chi connectivity index (χ1v) is 13.1. The van der Waals surface area contributed by atoms with Gasteiger partial charge < -0.3 is 16.0 Å². The van der Waals surface area contributed by atoms with Gasteiger partial charge in [0, 0.05) is 19.6 Å². The van der Waals surface area contributed by atoms with E-state index in [2.05, 4.69) is 25.8 Å². The van der Waals surface area contributed by atoms with E-state index in [1.165, 1.54) is 23.7 Å². The van der Waals surface area contributed by atoms with Crippen LogP contribution in [0.1, 0.15) is 41.5 Å². The van der Waals surface area contributed by atoms with Crippen LogP contribution in [0.15, 0.2) is 29.2 Å². The number of benzene rings is 1. The summed E-state index contributed by atoms with van der Waals surface area (Å²) in [5.41, 5.74) is -0.890. The van der Waals surface area contributed by atoms with Crippen LogP contribution in [0.3, 0.4) is 0 Å². The Morgan fingerprint density at radius 3 is 2.39 bits per heavy atom. The van der Waals surface area contributed by atoms with Crippen molar-refractivity contribution in [2.24, 2.45) is 0 Å². The van der Waals surface area contributed by atoms with Crippen molar-refractivity contribution in [1.82, 2.24) is 30.5 Å². The van der Waals surface area contributed by atoms with Crippen molar-refractivity contribution in [2.75, 3.05) is 26.2 Å². The van der Waals surface area contributed by atoms with Crippen LogP contribution in [-0.2, 0) is 21.4 Å². The average Bonchev–Trinajstić information content (AvgIpc) is 3.19. The van der Waals surface area contributed by atoms with E-state index in [0.717, 1.165) is 5.56 Å². The van der Waals surface area contributed by atoms with Gasteiger partial charge >= 0.3 is 5.69 Å². The summed E-state index contributed by atoms with van der Waals surface area (Å²) in [4.78, 5) is 37.5. The molecule has 196 valence electrons. The summed E-state index contributed by atoms with van der Waals surface area (Å²) in [7, 11) is -3.74. The molecule has 1 aromatic carbocycles. The molecular formula is C22H31N7O6S. The zero-order chi connectivity index (χ0) is 26.5. The molecule has 4 N–H and O–H groups in total. The first-order chi connectivity index (χ1) is 17.0. The molecule has 0 bridgehead atoms. The largest absolute Gasteiger partial charge is 0.353 e. The number of nitrogens with one attached hydrogen (secondary N) is 4. The molecule has 1 aliphatic rings. The molecule has 0 radical (unpaired) electrons. The van der Waals surface area contributed by atoms with Crippen LogP contribution in [0.25, 0.3) is 0 Å². The van der Waals surface area contributed by atoms with E-state index in [0.29, 0.717) is 13.1 Å². The summed E-state index contributed by atoms with van der Waals surface area (Å²) in [6.07, 6.45) is 0.513. The van der Waals surface area contributed by atoms with E-state index < -0.39 is 38.0 Å². The number of aryl methyl sites for hydroxylation is 3. The van der Waals surface area contributed by atoms with Crippen molar-refractivity contribution in [2.45, 2.75) is 50.6 Å². The van der Waals surface area contributed by atoms with E-state index >= 15 is 0 Å². The van der Waals surface area contributed by atoms with Crippen LogP contribution in [0.2, 0.25) is 0 Å². The highest BCUT2D eigenvalue weighted by molar-refractivity contribution is 7.89. The molecule has 0 atom stereocenters. The predicted molar refractivity (Wildman–Crippen MR) is 131 cm³/mol. The fourth-order valence-corrected chi connectivity index (χ4v) is 5.15. The van der Waals surface area contributed by atoms with Crippen LogP contribution in [0.4, 0.5) is 5.69 Å². The molecule has 1 fully saturated rings. The molecule has 3 rings (SSSR count). The number of sulfonamides is 1. The number of aromatic nitrogens is 2. The molecule has 2 heterocycles. The Kier molecular flexibility index (Phi) is 8.43. The Hall–Kier alpha value is -3.36. The van der Waals surface area contributed by atoms with Gasteiger partial charge in [-0.3, -0.25) is 24.4 Å². The zero-order valence-corrected chi connectivity index (χ0v) is 21.3. The minimum absolute atomic E-state index is 0.0128. The quantitative estimate of drug-likeness (QED) is 0.197. The number of nitrogens with zero attached hydrogens (tertiary/aromatic N) is 3. The van der Waals surface area contributed by atoms with Crippen molar-refractivity contribution in [3.63, 3.8) is 0 Å². The van der Waals surface area contributed by atoms with Crippen LogP contribution < -0.4 is 20.7 Å². The van der Waals surface area contributed by atoms with Gasteiger partial charge in [-0.1, -0.05) is 17.7 Å². The van der Waals surface area contributed by atoms with E-state index in [1.807, 2.05) is 6.92 Å². The topological polar surface area (TPSA) is 177 Å². The summed E-state index contributed by atoms with van der Waals surface area (Å²) in [6, 6.07) is 6.38. The van der Waals surface area contributed by atoms with Crippen molar-refractivity contribution in [3.8, 4) is 0 Å². The molecule has 0 unspecified atom stereocenters. The smallest absolute Gasteiger partial charge is 0.322 e. The van der Waals surface area contributed by atoms with Crippen molar-refractivity contribution < 1.29 is 22.9 Å². The molecule has 13 nitrogen and oxygen atoms in total. The van der Waals surface area contributed by atoms with Gasteiger partial charge in [-0.2, -0.15) is 5.10 Å². The zero-order valence-electron chi connectivity index (χ0n) is 20.5. The standard InChI is InChI=1S/C22H31N7O6S/c1-4-28-19(18(29(32)33)16(3)27-28)20(30)26-22(9-11-23-12-10-22)21(31)24-13-14-25-36(34,35)17-7-5-15(2)6-8-17/h5-8,23,25H,4,9-14H2,1-3H3,(H,24,31)(H,26,30). The number of hydrogen-bond donors (Lipinski definition) is 4. The van der Waals surface area contributed by atoms with Crippen molar-refractivity contribution in [3.05, 3.63) is 51.3 Å². The Morgan fingerprint density at radius 2 is 1.81 bits per heavy atom. The highest BCUT2D eigenvalue weighted by Crippen LogP contribution is 2.26. The normalized spacial score (nSPS) is 15.3. The van der Waals surface area contributed by atoms with E-state index in [1.54, 1.807) is 19.1 Å². The van der Waals surface area contributed by atoms with E-state index in [9.17, 15) is 28.1 Å². The molecular weight excluding hydrogens is 490 g/mol. The molecule has 1 aliphatic heterocycles. The van der Waals surface area contributed by atoms with Crippen LogP contribution >= 0.6 is 0 Å². The summed E-state index contributed by atoms with van der Waals surface area (Å²) < 4.78 is 28.6. The highest BCUT2D eigenvalue weighted by Gasteiger charge is 2.43. The molecule has 14 heteroatoms. The number of piperidine rings is 1. The van der Waals surface area contributed by atoms with Gasteiger partial charge in [0.25, 0.3) is 5.91 Å². The van der Waals surface area contributed by atoms with Gasteiger partial charge in [0.2, 0.25) is 21.6 Å². The monoisotopic (exact) mass is 521 g/mol. The second-order valence-electron chi connectivity index (χ2n) is 8.61. The van der Waals surface area contributed by atoms with Gasteiger partial charge in [0.1, 0.15) is 11.2 Å².